The van der Waals surface area contributed by atoms with Crippen LogP contribution in [0.1, 0.15) is 28.1 Å². The summed E-state index contributed by atoms with van der Waals surface area (Å²) in [7, 11) is 1.76. The van der Waals surface area contributed by atoms with Gasteiger partial charge in [0.15, 0.2) is 0 Å². The predicted octanol–water partition coefficient (Wildman–Crippen LogP) is 4.54. The third-order valence-corrected chi connectivity index (χ3v) is 5.20. The van der Waals surface area contributed by atoms with Crippen LogP contribution in [0.4, 0.5) is 4.79 Å². The molecule has 1 heterocycles. The second-order valence-corrected chi connectivity index (χ2v) is 7.31. The van der Waals surface area contributed by atoms with Crippen LogP contribution in [0.3, 0.4) is 0 Å². The van der Waals surface area contributed by atoms with Crippen molar-refractivity contribution in [2.75, 3.05) is 7.05 Å². The standard InChI is InChI=1S/C22H25ClN4O/c1-16-20(17(2)27(25-16)14-18-9-5-4-6-10-18)13-24-22(28)26(3)15-19-11-7-8-12-21(19)23/h4-12H,13-15H2,1-3H3,(H,24,28). The molecule has 0 aliphatic heterocycles. The van der Waals surface area contributed by atoms with E-state index in [0.717, 1.165) is 22.5 Å². The lowest BCUT2D eigenvalue weighted by Gasteiger charge is -2.19. The lowest BCUT2D eigenvalue weighted by Crippen LogP contribution is -2.36. The van der Waals surface area contributed by atoms with Crippen LogP contribution in [0.15, 0.2) is 54.6 Å². The molecule has 0 radical (unpaired) electrons. The van der Waals surface area contributed by atoms with Crippen LogP contribution in [0, 0.1) is 13.8 Å². The Morgan fingerprint density at radius 3 is 2.50 bits per heavy atom. The van der Waals surface area contributed by atoms with Gasteiger partial charge in [-0.25, -0.2) is 4.79 Å². The first kappa shape index (κ1) is 20.0. The van der Waals surface area contributed by atoms with Gasteiger partial charge in [-0.15, -0.1) is 0 Å². The van der Waals surface area contributed by atoms with Crippen LogP contribution in [-0.2, 0) is 19.6 Å². The van der Waals surface area contributed by atoms with E-state index in [1.54, 1.807) is 11.9 Å². The van der Waals surface area contributed by atoms with Gasteiger partial charge in [-0.2, -0.15) is 5.10 Å². The van der Waals surface area contributed by atoms with Gasteiger partial charge in [0.25, 0.3) is 0 Å². The molecule has 0 bridgehead atoms. The summed E-state index contributed by atoms with van der Waals surface area (Å²) in [4.78, 5) is 14.1. The number of aromatic nitrogens is 2. The number of nitrogens with one attached hydrogen (secondary N) is 1. The number of nitrogens with zero attached hydrogens (tertiary/aromatic N) is 3. The number of aryl methyl sites for hydroxylation is 1. The molecule has 0 saturated carbocycles. The second kappa shape index (κ2) is 8.93. The molecule has 28 heavy (non-hydrogen) atoms. The Morgan fingerprint density at radius 2 is 1.79 bits per heavy atom. The van der Waals surface area contributed by atoms with Crippen LogP contribution in [0.2, 0.25) is 5.02 Å². The number of hydrogen-bond acceptors (Lipinski definition) is 2. The maximum absolute atomic E-state index is 12.5. The van der Waals surface area contributed by atoms with Crippen molar-refractivity contribution in [1.29, 1.82) is 0 Å². The monoisotopic (exact) mass is 396 g/mol. The third kappa shape index (κ3) is 4.73. The molecule has 3 aromatic rings. The highest BCUT2D eigenvalue weighted by molar-refractivity contribution is 6.31. The van der Waals surface area contributed by atoms with Gasteiger partial charge in [-0.1, -0.05) is 60.1 Å². The lowest BCUT2D eigenvalue weighted by molar-refractivity contribution is 0.206. The molecule has 0 fully saturated rings. The zero-order chi connectivity index (χ0) is 20.1. The largest absolute Gasteiger partial charge is 0.334 e. The fourth-order valence-corrected chi connectivity index (χ4v) is 3.35. The molecule has 0 aliphatic rings. The van der Waals surface area contributed by atoms with Crippen LogP contribution >= 0.6 is 11.6 Å². The normalized spacial score (nSPS) is 10.7. The summed E-state index contributed by atoms with van der Waals surface area (Å²) >= 11 is 6.19. The highest BCUT2D eigenvalue weighted by Gasteiger charge is 2.15. The number of carbonyl (C=O) groups is 1. The van der Waals surface area contributed by atoms with Crippen molar-refractivity contribution in [3.8, 4) is 0 Å². The Kier molecular flexibility index (Phi) is 6.37. The molecular weight excluding hydrogens is 372 g/mol. The SMILES string of the molecule is Cc1nn(Cc2ccccc2)c(C)c1CNC(=O)N(C)Cc1ccccc1Cl. The number of benzene rings is 2. The molecule has 0 saturated heterocycles. The Bertz CT molecular complexity index is 952. The minimum absolute atomic E-state index is 0.144. The summed E-state index contributed by atoms with van der Waals surface area (Å²) in [6.07, 6.45) is 0. The Hall–Kier alpha value is -2.79. The van der Waals surface area contributed by atoms with Gasteiger partial charge >= 0.3 is 6.03 Å². The summed E-state index contributed by atoms with van der Waals surface area (Å²) in [5, 5.41) is 8.29. The Morgan fingerprint density at radius 1 is 1.11 bits per heavy atom. The van der Waals surface area contributed by atoms with Crippen LogP contribution in [0.25, 0.3) is 0 Å². The van der Waals surface area contributed by atoms with E-state index in [4.69, 9.17) is 11.6 Å². The van der Waals surface area contributed by atoms with Crippen LogP contribution in [0.5, 0.6) is 0 Å². The fourth-order valence-electron chi connectivity index (χ4n) is 3.15. The molecule has 146 valence electrons. The molecule has 0 unspecified atom stereocenters. The van der Waals surface area contributed by atoms with Crippen LogP contribution in [-0.4, -0.2) is 27.8 Å². The Labute approximate surface area is 170 Å². The van der Waals surface area contributed by atoms with Crippen molar-refractivity contribution in [2.24, 2.45) is 0 Å². The van der Waals surface area contributed by atoms with E-state index in [1.165, 1.54) is 5.56 Å². The molecule has 1 aromatic heterocycles. The van der Waals surface area contributed by atoms with Crippen LogP contribution < -0.4 is 5.32 Å². The molecule has 6 heteroatoms. The molecular formula is C22H25ClN4O. The summed E-state index contributed by atoms with van der Waals surface area (Å²) in [6, 6.07) is 17.6. The average Bonchev–Trinajstić information content (AvgIpc) is 2.95. The highest BCUT2D eigenvalue weighted by Crippen LogP contribution is 2.17. The number of carbonyl (C=O) groups excluding carboxylic acids is 1. The zero-order valence-corrected chi connectivity index (χ0v) is 17.2. The minimum atomic E-state index is -0.144. The van der Waals surface area contributed by atoms with Gasteiger partial charge in [0.05, 0.1) is 12.2 Å². The number of halogens is 1. The maximum atomic E-state index is 12.5. The van der Waals surface area contributed by atoms with E-state index >= 15 is 0 Å². The van der Waals surface area contributed by atoms with E-state index in [1.807, 2.05) is 61.0 Å². The van der Waals surface area contributed by atoms with Crippen molar-refractivity contribution in [3.05, 3.63) is 87.7 Å². The molecule has 2 amide bonds. The maximum Gasteiger partial charge on any atom is 0.317 e. The molecule has 3 rings (SSSR count). The summed E-state index contributed by atoms with van der Waals surface area (Å²) in [5.41, 5.74) is 5.17. The first-order valence-corrected chi connectivity index (χ1v) is 9.62. The minimum Gasteiger partial charge on any atom is -0.334 e. The molecule has 0 atom stereocenters. The smallest absolute Gasteiger partial charge is 0.317 e. The number of hydrogen-bond donors (Lipinski definition) is 1. The number of rotatable bonds is 6. The quantitative estimate of drug-likeness (QED) is 0.664. The zero-order valence-electron chi connectivity index (χ0n) is 16.4. The van der Waals surface area contributed by atoms with Gasteiger partial charge in [0.1, 0.15) is 0 Å². The van der Waals surface area contributed by atoms with Crippen molar-refractivity contribution < 1.29 is 4.79 Å². The molecule has 0 aliphatic carbocycles. The summed E-state index contributed by atoms with van der Waals surface area (Å²) < 4.78 is 1.99. The van der Waals surface area contributed by atoms with Crippen molar-refractivity contribution >= 4 is 17.6 Å². The first-order valence-electron chi connectivity index (χ1n) is 9.25. The summed E-state index contributed by atoms with van der Waals surface area (Å²) in [5.74, 6) is 0. The Balaban J connectivity index is 1.62. The van der Waals surface area contributed by atoms with Crippen molar-refractivity contribution in [1.82, 2.24) is 20.0 Å². The van der Waals surface area contributed by atoms with E-state index in [-0.39, 0.29) is 6.03 Å². The van der Waals surface area contributed by atoms with Gasteiger partial charge in [-0.3, -0.25) is 4.68 Å². The molecule has 1 N–H and O–H groups in total. The lowest BCUT2D eigenvalue weighted by atomic mass is 10.2. The van der Waals surface area contributed by atoms with E-state index in [9.17, 15) is 4.79 Å². The number of urea groups is 1. The third-order valence-electron chi connectivity index (χ3n) is 4.83. The molecule has 5 nitrogen and oxygen atoms in total. The molecule has 2 aromatic carbocycles. The average molecular weight is 397 g/mol. The fraction of sp³-hybridized carbons (Fsp3) is 0.273. The van der Waals surface area contributed by atoms with E-state index in [2.05, 4.69) is 22.5 Å². The van der Waals surface area contributed by atoms with E-state index in [0.29, 0.717) is 24.7 Å². The molecule has 0 spiro atoms. The summed E-state index contributed by atoms with van der Waals surface area (Å²) in [6.45, 7) is 5.63. The van der Waals surface area contributed by atoms with E-state index < -0.39 is 0 Å². The first-order chi connectivity index (χ1) is 13.5. The van der Waals surface area contributed by atoms with Crippen molar-refractivity contribution in [3.63, 3.8) is 0 Å². The highest BCUT2D eigenvalue weighted by atomic mass is 35.5. The van der Waals surface area contributed by atoms with Gasteiger partial charge in [0.2, 0.25) is 0 Å². The van der Waals surface area contributed by atoms with Gasteiger partial charge in [-0.05, 0) is 31.0 Å². The van der Waals surface area contributed by atoms with Crippen molar-refractivity contribution in [2.45, 2.75) is 33.5 Å². The number of amides is 2. The van der Waals surface area contributed by atoms with Gasteiger partial charge < -0.3 is 10.2 Å². The second-order valence-electron chi connectivity index (χ2n) is 6.90. The predicted molar refractivity (Wildman–Crippen MR) is 112 cm³/mol. The van der Waals surface area contributed by atoms with Gasteiger partial charge in [0, 0.05) is 36.4 Å². The topological polar surface area (TPSA) is 50.2 Å².